The van der Waals surface area contributed by atoms with Gasteiger partial charge in [-0.05, 0) is 18.6 Å². The van der Waals surface area contributed by atoms with Crippen LogP contribution in [0, 0.1) is 0 Å². The summed E-state index contributed by atoms with van der Waals surface area (Å²) in [5.41, 5.74) is 1.08. The predicted molar refractivity (Wildman–Crippen MR) is 51.6 cm³/mol. The SMILES string of the molecule is CCCN=CCc1ccccn1. The molecule has 1 aromatic rings. The molecule has 0 aliphatic carbocycles. The van der Waals surface area contributed by atoms with Gasteiger partial charge in [0.1, 0.15) is 0 Å². The zero-order valence-electron chi connectivity index (χ0n) is 7.40. The van der Waals surface area contributed by atoms with Gasteiger partial charge in [-0.3, -0.25) is 9.98 Å². The molecule has 0 saturated carbocycles. The smallest absolute Gasteiger partial charge is 0.0456 e. The molecular formula is C10H14N2. The first-order valence-corrected chi connectivity index (χ1v) is 4.31. The molecule has 0 N–H and O–H groups in total. The second-order valence-electron chi connectivity index (χ2n) is 2.61. The minimum atomic E-state index is 0.848. The Kier molecular flexibility index (Phi) is 4.06. The summed E-state index contributed by atoms with van der Waals surface area (Å²) in [6, 6.07) is 5.93. The van der Waals surface area contributed by atoms with E-state index in [4.69, 9.17) is 0 Å². The summed E-state index contributed by atoms with van der Waals surface area (Å²) in [6.45, 7) is 3.05. The van der Waals surface area contributed by atoms with Crippen LogP contribution in [-0.4, -0.2) is 17.7 Å². The van der Waals surface area contributed by atoms with Crippen molar-refractivity contribution >= 4 is 6.21 Å². The predicted octanol–water partition coefficient (Wildman–Crippen LogP) is 2.10. The van der Waals surface area contributed by atoms with E-state index in [0.717, 1.165) is 25.1 Å². The summed E-state index contributed by atoms with van der Waals surface area (Å²) < 4.78 is 0. The summed E-state index contributed by atoms with van der Waals surface area (Å²) in [6.07, 6.45) is 5.70. The van der Waals surface area contributed by atoms with Crippen LogP contribution in [0.4, 0.5) is 0 Å². The maximum absolute atomic E-state index is 4.22. The van der Waals surface area contributed by atoms with Gasteiger partial charge < -0.3 is 0 Å². The van der Waals surface area contributed by atoms with E-state index in [-0.39, 0.29) is 0 Å². The van der Waals surface area contributed by atoms with Gasteiger partial charge >= 0.3 is 0 Å². The standard InChI is InChI=1S/C10H14N2/c1-2-7-11-9-6-10-5-3-4-8-12-10/h3-5,8-9H,2,6-7H2,1H3. The number of aromatic nitrogens is 1. The van der Waals surface area contributed by atoms with E-state index < -0.39 is 0 Å². The first-order valence-electron chi connectivity index (χ1n) is 4.31. The molecule has 0 saturated heterocycles. The highest BCUT2D eigenvalue weighted by Crippen LogP contribution is 1.92. The summed E-state index contributed by atoms with van der Waals surface area (Å²) >= 11 is 0. The largest absolute Gasteiger partial charge is 0.297 e. The van der Waals surface area contributed by atoms with Gasteiger partial charge in [0.2, 0.25) is 0 Å². The molecule has 0 spiro atoms. The number of rotatable bonds is 4. The second-order valence-corrected chi connectivity index (χ2v) is 2.61. The van der Waals surface area contributed by atoms with Crippen molar-refractivity contribution in [2.24, 2.45) is 4.99 Å². The van der Waals surface area contributed by atoms with Gasteiger partial charge in [0.25, 0.3) is 0 Å². The third-order valence-corrected chi connectivity index (χ3v) is 1.51. The highest BCUT2D eigenvalue weighted by Gasteiger charge is 1.86. The van der Waals surface area contributed by atoms with Crippen molar-refractivity contribution < 1.29 is 0 Å². The lowest BCUT2D eigenvalue weighted by molar-refractivity contribution is 0.932. The zero-order valence-corrected chi connectivity index (χ0v) is 7.40. The number of pyridine rings is 1. The van der Waals surface area contributed by atoms with Crippen molar-refractivity contribution in [1.29, 1.82) is 0 Å². The Hall–Kier alpha value is -1.18. The normalized spacial score (nSPS) is 10.8. The summed E-state index contributed by atoms with van der Waals surface area (Å²) in [5.74, 6) is 0. The van der Waals surface area contributed by atoms with E-state index in [1.165, 1.54) is 0 Å². The monoisotopic (exact) mass is 162 g/mol. The molecule has 1 aromatic heterocycles. The Balaban J connectivity index is 2.33. The third-order valence-electron chi connectivity index (χ3n) is 1.51. The van der Waals surface area contributed by atoms with Crippen LogP contribution in [0.1, 0.15) is 19.0 Å². The van der Waals surface area contributed by atoms with Gasteiger partial charge in [-0.1, -0.05) is 13.0 Å². The fourth-order valence-electron chi connectivity index (χ4n) is 0.897. The average molecular weight is 162 g/mol. The third kappa shape index (κ3) is 3.28. The van der Waals surface area contributed by atoms with Crippen LogP contribution in [0.2, 0.25) is 0 Å². The molecule has 0 amide bonds. The van der Waals surface area contributed by atoms with E-state index in [9.17, 15) is 0 Å². The first-order chi connectivity index (χ1) is 5.93. The topological polar surface area (TPSA) is 25.2 Å². The zero-order chi connectivity index (χ0) is 8.65. The van der Waals surface area contributed by atoms with Gasteiger partial charge in [-0.15, -0.1) is 0 Å². The Morgan fingerprint density at radius 2 is 2.42 bits per heavy atom. The maximum Gasteiger partial charge on any atom is 0.0456 e. The molecule has 1 heterocycles. The van der Waals surface area contributed by atoms with Crippen LogP contribution >= 0.6 is 0 Å². The van der Waals surface area contributed by atoms with E-state index >= 15 is 0 Å². The molecule has 2 nitrogen and oxygen atoms in total. The number of nitrogens with zero attached hydrogens (tertiary/aromatic N) is 2. The minimum Gasteiger partial charge on any atom is -0.297 e. The van der Waals surface area contributed by atoms with Crippen LogP contribution in [0.5, 0.6) is 0 Å². The summed E-state index contributed by atoms with van der Waals surface area (Å²) in [5, 5.41) is 0. The lowest BCUT2D eigenvalue weighted by atomic mass is 10.3. The lowest BCUT2D eigenvalue weighted by Gasteiger charge is -1.92. The molecule has 0 aliphatic rings. The fourth-order valence-corrected chi connectivity index (χ4v) is 0.897. The maximum atomic E-state index is 4.22. The molecule has 0 aliphatic heterocycles. The Morgan fingerprint density at radius 1 is 1.50 bits per heavy atom. The average Bonchev–Trinajstić information content (AvgIpc) is 2.14. The molecule has 0 unspecified atom stereocenters. The molecule has 0 fully saturated rings. The van der Waals surface area contributed by atoms with Gasteiger partial charge in [0, 0.05) is 31.1 Å². The quantitative estimate of drug-likeness (QED) is 0.622. The van der Waals surface area contributed by atoms with Crippen LogP contribution in [0.3, 0.4) is 0 Å². The van der Waals surface area contributed by atoms with Crippen LogP contribution in [0.15, 0.2) is 29.4 Å². The number of hydrogen-bond donors (Lipinski definition) is 0. The van der Waals surface area contributed by atoms with Gasteiger partial charge in [0.15, 0.2) is 0 Å². The van der Waals surface area contributed by atoms with Crippen LogP contribution in [0.25, 0.3) is 0 Å². The molecule has 1 rings (SSSR count). The summed E-state index contributed by atoms with van der Waals surface area (Å²) in [7, 11) is 0. The highest BCUT2D eigenvalue weighted by atomic mass is 14.7. The van der Waals surface area contributed by atoms with Crippen molar-refractivity contribution in [3.63, 3.8) is 0 Å². The molecule has 2 heteroatoms. The van der Waals surface area contributed by atoms with E-state index in [1.807, 2.05) is 30.6 Å². The molecule has 12 heavy (non-hydrogen) atoms. The number of aliphatic imine (C=N–C) groups is 1. The Labute approximate surface area is 73.4 Å². The minimum absolute atomic E-state index is 0.848. The molecule has 0 aromatic carbocycles. The molecule has 64 valence electrons. The lowest BCUT2D eigenvalue weighted by Crippen LogP contribution is -1.90. The van der Waals surface area contributed by atoms with Crippen molar-refractivity contribution in [3.8, 4) is 0 Å². The molecular weight excluding hydrogens is 148 g/mol. The van der Waals surface area contributed by atoms with E-state index in [1.54, 1.807) is 0 Å². The Morgan fingerprint density at radius 3 is 3.08 bits per heavy atom. The molecule has 0 bridgehead atoms. The van der Waals surface area contributed by atoms with Gasteiger partial charge in [-0.2, -0.15) is 0 Å². The first kappa shape index (κ1) is 8.91. The van der Waals surface area contributed by atoms with E-state index in [0.29, 0.717) is 0 Å². The van der Waals surface area contributed by atoms with Crippen LogP contribution in [-0.2, 0) is 6.42 Å². The molecule has 0 radical (unpaired) electrons. The van der Waals surface area contributed by atoms with Crippen LogP contribution < -0.4 is 0 Å². The number of hydrogen-bond acceptors (Lipinski definition) is 2. The van der Waals surface area contributed by atoms with Crippen molar-refractivity contribution in [1.82, 2.24) is 4.98 Å². The fraction of sp³-hybridized carbons (Fsp3) is 0.400. The van der Waals surface area contributed by atoms with Gasteiger partial charge in [0.05, 0.1) is 0 Å². The van der Waals surface area contributed by atoms with Gasteiger partial charge in [-0.25, -0.2) is 0 Å². The Bertz CT molecular complexity index is 229. The van der Waals surface area contributed by atoms with Crippen molar-refractivity contribution in [2.45, 2.75) is 19.8 Å². The van der Waals surface area contributed by atoms with Crippen molar-refractivity contribution in [3.05, 3.63) is 30.1 Å². The highest BCUT2D eigenvalue weighted by molar-refractivity contribution is 5.60. The summed E-state index contributed by atoms with van der Waals surface area (Å²) in [4.78, 5) is 8.41. The van der Waals surface area contributed by atoms with Crippen molar-refractivity contribution in [2.75, 3.05) is 6.54 Å². The van der Waals surface area contributed by atoms with E-state index in [2.05, 4.69) is 16.9 Å². The second kappa shape index (κ2) is 5.47. The molecule has 0 atom stereocenters.